The Balaban J connectivity index is 0.000000176. The van der Waals surface area contributed by atoms with Gasteiger partial charge in [0.05, 0.1) is 116 Å². The highest BCUT2D eigenvalue weighted by Gasteiger charge is 2.40. The number of likely N-dealkylation sites (tertiary alicyclic amines) is 3. The van der Waals surface area contributed by atoms with Crippen LogP contribution in [0.2, 0.25) is 5.02 Å². The molecule has 9 aromatic rings. The van der Waals surface area contributed by atoms with Gasteiger partial charge < -0.3 is 73.0 Å². The summed E-state index contributed by atoms with van der Waals surface area (Å²) in [6.45, 7) is 22.1. The molecule has 0 radical (unpaired) electrons. The minimum absolute atomic E-state index is 0. The summed E-state index contributed by atoms with van der Waals surface area (Å²) in [7, 11) is 6.29. The molecule has 14 heterocycles. The number of carbonyl (C=O) groups excluding carboxylic acids is 3. The molecule has 6 fully saturated rings. The summed E-state index contributed by atoms with van der Waals surface area (Å²) in [6.07, 6.45) is 14.6. The van der Waals surface area contributed by atoms with E-state index in [-0.39, 0.29) is 129 Å². The fourth-order valence-corrected chi connectivity index (χ4v) is 19.7. The molecule has 6 saturated heterocycles. The number of pyridine rings is 2. The van der Waals surface area contributed by atoms with E-state index in [1.165, 1.54) is 37.8 Å². The monoisotopic (exact) mass is 1900 g/mol. The summed E-state index contributed by atoms with van der Waals surface area (Å²) in [6, 6.07) is 28.1. The SMILES string of the molecule is C=C(F)C(=O)N1CCN(c2nc(OC[C@@H]3CCCN3C)nc3c2CCN(c2cccc4cccc(Cl)c24)C3)CC(F)C1.C=C(F)C(=O)N1CCN(c2nc(OC[C@@H]3CCCN3C)nc3c2CCN(c2cncc4cc(F)ccc24)C3)C[C@@H]1CC#N.C=C(F)C(=O)N1CCN(c2nc(OC[C@@H]3CCCN3C)nc3c2CCN(c2cncc4cccc(C)c24)C3)C[C@@H]1CC#N.S.S.S.S. The Hall–Kier alpha value is -10.8. The van der Waals surface area contributed by atoms with Gasteiger partial charge >= 0.3 is 18.0 Å². The van der Waals surface area contributed by atoms with Crippen LogP contribution in [0, 0.1) is 35.4 Å². The number of ether oxygens (including phenoxy) is 3. The first-order valence-corrected chi connectivity index (χ1v) is 44.4. The number of hydrogen-bond acceptors (Lipinski definition) is 25. The maximum atomic E-state index is 15.2. The van der Waals surface area contributed by atoms with E-state index >= 15 is 4.39 Å². The lowest BCUT2D eigenvalue weighted by molar-refractivity contribution is -0.132. The van der Waals surface area contributed by atoms with Crippen molar-refractivity contribution in [3.8, 4) is 30.2 Å². The standard InChI is InChI=1S/C32H37FN8O2.C31H35ClF2N6O2.C31H34F2N8O2.4H2S/c1-21-6-4-7-23-16-35-17-28(29(21)23)39-13-10-26-27(19-39)36-32(43-20-25-8-5-12-38(25)3)37-30(26)40-14-15-41(31(42)22(2)33)24(18-40)9-11-34;1-20(33)30(41)40-15-14-39(16-22(34)17-40)29-24-11-13-38(27-10-4-7-21-6-3-9-25(32)28(21)27)18-26(24)35-31(36-29)42-19-23-8-5-12-37(23)2;1-20(32)30(42)41-13-12-40(17-23(41)7-9-34)29-26-8-11-39(28-16-35-15-21-14-22(33)5-6-25(21)28)18-27(26)36-31(37-29)43-19-24-4-3-10-38(24)2;;;;/h4,6-7,16-17,24-25H,2,5,8-10,12-15,18-20H2,1,3H3;3-4,6-7,9-10,22-23H,1,5,8,11-19H2,2H3;5-6,14-16,23-24H,1,3-4,7-8,10-13,17-19H2,2H3;4*1H2/t24-,25-;22?,23-;23-,24-;;;;/m000..../s1. The molecule has 9 aliphatic heterocycles. The predicted octanol–water partition coefficient (Wildman–Crippen LogP) is 12.6. The zero-order valence-corrected chi connectivity index (χ0v) is 79.5. The molecule has 0 spiro atoms. The Labute approximate surface area is 799 Å². The zero-order valence-electron chi connectivity index (χ0n) is 74.7. The molecule has 3 amide bonds. The minimum atomic E-state index is -1.38. The van der Waals surface area contributed by atoms with E-state index in [2.05, 4.69) is 133 Å². The van der Waals surface area contributed by atoms with Crippen LogP contribution < -0.4 is 43.6 Å². The number of anilines is 6. The third-order valence-electron chi connectivity index (χ3n) is 26.3. The number of nitrogens with zero attached hydrogens (tertiary/aromatic N) is 22. The molecule has 132 heavy (non-hydrogen) atoms. The zero-order chi connectivity index (χ0) is 89.6. The Bertz CT molecular complexity index is 5800. The average Bonchev–Trinajstić information content (AvgIpc) is 1.12. The van der Waals surface area contributed by atoms with E-state index in [4.69, 9.17) is 55.7 Å². The lowest BCUT2D eigenvalue weighted by atomic mass is 10.0. The van der Waals surface area contributed by atoms with Crippen molar-refractivity contribution in [2.45, 2.75) is 134 Å². The van der Waals surface area contributed by atoms with Crippen molar-refractivity contribution in [1.82, 2.24) is 69.3 Å². The second-order valence-electron chi connectivity index (χ2n) is 34.4. The van der Waals surface area contributed by atoms with Crippen LogP contribution in [-0.2, 0) is 53.3 Å². The number of alkyl halides is 1. The number of hydrogen-bond donors (Lipinski definition) is 0. The molecule has 1 unspecified atom stereocenters. The number of likely N-dealkylation sites (N-methyl/N-ethyl adjacent to an activating group) is 3. The lowest BCUT2D eigenvalue weighted by Crippen LogP contribution is -2.55. The van der Waals surface area contributed by atoms with Gasteiger partial charge in [0.1, 0.15) is 49.3 Å². The van der Waals surface area contributed by atoms with E-state index in [9.17, 15) is 42.5 Å². The molecule has 0 N–H and O–H groups in total. The van der Waals surface area contributed by atoms with E-state index in [0.29, 0.717) is 133 Å². The first-order valence-electron chi connectivity index (χ1n) is 44.0. The Morgan fingerprint density at radius 3 is 1.35 bits per heavy atom. The number of halogens is 6. The van der Waals surface area contributed by atoms with Crippen molar-refractivity contribution < 1.29 is 50.5 Å². The fourth-order valence-electron chi connectivity index (χ4n) is 19.4. The molecule has 702 valence electrons. The molecule has 0 bridgehead atoms. The summed E-state index contributed by atoms with van der Waals surface area (Å²) < 4.78 is 88.9. The van der Waals surface area contributed by atoms with Crippen molar-refractivity contribution in [2.24, 2.45) is 0 Å². The van der Waals surface area contributed by atoms with Gasteiger partial charge in [0.2, 0.25) is 0 Å². The average molecular weight is 1910 g/mol. The smallest absolute Gasteiger partial charge is 0.318 e. The maximum Gasteiger partial charge on any atom is 0.318 e. The molecule has 38 heteroatoms. The van der Waals surface area contributed by atoms with E-state index in [1.54, 1.807) is 18.5 Å². The predicted molar refractivity (Wildman–Crippen MR) is 523 cm³/mol. The van der Waals surface area contributed by atoms with Crippen LogP contribution in [-0.4, -0.2) is 269 Å². The van der Waals surface area contributed by atoms with Crippen LogP contribution in [0.3, 0.4) is 0 Å². The summed E-state index contributed by atoms with van der Waals surface area (Å²) >= 11 is 6.66. The maximum absolute atomic E-state index is 15.2. The van der Waals surface area contributed by atoms with Crippen LogP contribution in [0.25, 0.3) is 32.3 Å². The number of benzene rings is 4. The largest absolute Gasteiger partial charge is 0.462 e. The van der Waals surface area contributed by atoms with E-state index < -0.39 is 53.5 Å². The van der Waals surface area contributed by atoms with E-state index in [0.717, 1.165) is 148 Å². The third kappa shape index (κ3) is 22.3. The first kappa shape index (κ1) is 100. The van der Waals surface area contributed by atoms with Gasteiger partial charge in [-0.1, -0.05) is 73.8 Å². The Morgan fingerprint density at radius 2 is 0.886 bits per heavy atom. The second-order valence-corrected chi connectivity index (χ2v) is 34.9. The summed E-state index contributed by atoms with van der Waals surface area (Å²) in [5.41, 5.74) is 9.67. The summed E-state index contributed by atoms with van der Waals surface area (Å²) in [5, 5.41) is 25.6. The molecular formula is C94H114ClF5N22O6S4. The van der Waals surface area contributed by atoms with Crippen LogP contribution in [0.15, 0.2) is 135 Å². The molecule has 0 saturated carbocycles. The lowest BCUT2D eigenvalue weighted by Gasteiger charge is -2.42. The minimum Gasteiger partial charge on any atom is -0.462 e. The Morgan fingerprint density at radius 1 is 0.462 bits per heavy atom. The van der Waals surface area contributed by atoms with Crippen molar-refractivity contribution >= 4 is 150 Å². The molecule has 4 aromatic carbocycles. The van der Waals surface area contributed by atoms with Gasteiger partial charge in [-0.3, -0.25) is 24.4 Å². The molecule has 9 aliphatic rings. The molecular weight excluding hydrogens is 1790 g/mol. The quantitative estimate of drug-likeness (QED) is 0.0507. The Kier molecular flexibility index (Phi) is 34.0. The molecule has 0 aliphatic carbocycles. The normalized spacial score (nSPS) is 20.3. The topological polar surface area (TPSA) is 268 Å². The highest BCUT2D eigenvalue weighted by molar-refractivity contribution is 7.59. The summed E-state index contributed by atoms with van der Waals surface area (Å²) in [4.78, 5) is 99.0. The number of nitriles is 2. The first-order chi connectivity index (χ1) is 61.9. The van der Waals surface area contributed by atoms with Crippen molar-refractivity contribution in [3.63, 3.8) is 0 Å². The second kappa shape index (κ2) is 44.8. The third-order valence-corrected chi connectivity index (χ3v) is 26.6. The van der Waals surface area contributed by atoms with Crippen LogP contribution in [0.4, 0.5) is 56.5 Å². The van der Waals surface area contributed by atoms with Gasteiger partial charge in [-0.25, -0.2) is 22.0 Å². The number of rotatable bonds is 20. The number of aromatic nitrogens is 8. The molecule has 5 aromatic heterocycles. The number of amides is 3. The molecule has 6 atom stereocenters. The van der Waals surface area contributed by atoms with Gasteiger partial charge in [0.25, 0.3) is 17.7 Å². The van der Waals surface area contributed by atoms with Gasteiger partial charge in [-0.05, 0) is 147 Å². The number of piperazine rings is 2. The van der Waals surface area contributed by atoms with Gasteiger partial charge in [0.15, 0.2) is 17.5 Å². The summed E-state index contributed by atoms with van der Waals surface area (Å²) in [5.74, 6) is -3.77. The van der Waals surface area contributed by atoms with Crippen molar-refractivity contribution in [1.29, 1.82) is 10.5 Å². The van der Waals surface area contributed by atoms with Crippen LogP contribution >= 0.6 is 65.6 Å². The van der Waals surface area contributed by atoms with E-state index in [1.807, 2.05) is 47.6 Å². The highest BCUT2D eigenvalue weighted by Crippen LogP contribution is 2.42. The molecule has 28 nitrogen and oxygen atoms in total. The van der Waals surface area contributed by atoms with Crippen molar-refractivity contribution in [2.75, 3.05) is 175 Å². The van der Waals surface area contributed by atoms with Gasteiger partial charge in [0, 0.05) is 152 Å². The van der Waals surface area contributed by atoms with Gasteiger partial charge in [-0.15, -0.1) is 0 Å². The number of aryl methyl sites for hydroxylation is 1. The molecule has 18 rings (SSSR count). The van der Waals surface area contributed by atoms with Crippen LogP contribution in [0.5, 0.6) is 18.0 Å². The fraction of sp³-hybridized carbons (Fsp3) is 0.457. The van der Waals surface area contributed by atoms with Crippen molar-refractivity contribution in [3.05, 3.63) is 185 Å². The highest BCUT2D eigenvalue weighted by atomic mass is 35.5. The van der Waals surface area contributed by atoms with Gasteiger partial charge in [-0.2, -0.15) is 94.4 Å². The van der Waals surface area contributed by atoms with Crippen LogP contribution in [0.1, 0.15) is 90.7 Å². The number of fused-ring (bicyclic) bond motifs is 6. The number of carbonyl (C=O) groups is 3.